The molecule has 1 fully saturated rings. The van der Waals surface area contributed by atoms with Gasteiger partial charge < -0.3 is 10.1 Å². The van der Waals surface area contributed by atoms with Gasteiger partial charge in [-0.1, -0.05) is 13.8 Å². The van der Waals surface area contributed by atoms with Gasteiger partial charge in [0.15, 0.2) is 0 Å². The van der Waals surface area contributed by atoms with Crippen molar-refractivity contribution in [2.75, 3.05) is 13.1 Å². The van der Waals surface area contributed by atoms with Gasteiger partial charge in [0.25, 0.3) is 0 Å². The molecule has 2 nitrogen and oxygen atoms in total. The number of nitrogens with one attached hydrogen (secondary N) is 1. The summed E-state index contributed by atoms with van der Waals surface area (Å²) < 4.78 is 19.3. The van der Waals surface area contributed by atoms with Gasteiger partial charge in [-0.3, -0.25) is 0 Å². The first-order chi connectivity index (χ1) is 8.74. The van der Waals surface area contributed by atoms with E-state index in [2.05, 4.69) is 12.2 Å². The molecule has 0 amide bonds. The van der Waals surface area contributed by atoms with Crippen molar-refractivity contribution in [3.8, 4) is 5.75 Å². The molecule has 1 saturated heterocycles. The Bertz CT molecular complexity index is 388. The van der Waals surface area contributed by atoms with E-state index in [1.54, 1.807) is 12.1 Å². The highest BCUT2D eigenvalue weighted by molar-refractivity contribution is 5.34. The van der Waals surface area contributed by atoms with Crippen molar-refractivity contribution in [1.82, 2.24) is 5.32 Å². The molecule has 0 spiro atoms. The van der Waals surface area contributed by atoms with Crippen LogP contribution in [-0.4, -0.2) is 19.2 Å². The fourth-order valence-electron chi connectivity index (χ4n) is 2.61. The summed E-state index contributed by atoms with van der Waals surface area (Å²) in [5, 5.41) is 3.37. The molecule has 1 aromatic carbocycles. The molecule has 0 aliphatic carbocycles. The Morgan fingerprint density at radius 1 is 1.44 bits per heavy atom. The average molecular weight is 251 g/mol. The van der Waals surface area contributed by atoms with Crippen LogP contribution in [0.4, 0.5) is 4.39 Å². The lowest BCUT2D eigenvalue weighted by atomic mass is 9.99. The van der Waals surface area contributed by atoms with Crippen LogP contribution in [0.5, 0.6) is 5.75 Å². The molecule has 1 aliphatic heterocycles. The largest absolute Gasteiger partial charge is 0.490 e. The zero-order valence-electron chi connectivity index (χ0n) is 11.2. The molecule has 0 aromatic heterocycles. The summed E-state index contributed by atoms with van der Waals surface area (Å²) in [6.45, 7) is 6.29. The van der Waals surface area contributed by atoms with Gasteiger partial charge in [0.05, 0.1) is 0 Å². The molecule has 0 bridgehead atoms. The van der Waals surface area contributed by atoms with Crippen molar-refractivity contribution in [2.24, 2.45) is 5.92 Å². The van der Waals surface area contributed by atoms with E-state index in [1.807, 2.05) is 6.92 Å². The minimum atomic E-state index is -0.185. The van der Waals surface area contributed by atoms with E-state index < -0.39 is 0 Å². The highest BCUT2D eigenvalue weighted by Gasteiger charge is 2.25. The standard InChI is InChI=1S/C15H22FNO/c1-3-11-9-13(16)5-6-15(11)18-14(4-2)12-7-8-17-10-12/h5-6,9,12,14,17H,3-4,7-8,10H2,1-2H3/t12?,14-/m0/s1. The molecular formula is C15H22FNO. The lowest BCUT2D eigenvalue weighted by Crippen LogP contribution is -2.28. The fourth-order valence-corrected chi connectivity index (χ4v) is 2.61. The normalized spacial score (nSPS) is 20.9. The third-order valence-corrected chi connectivity index (χ3v) is 3.71. The number of halogens is 1. The number of aryl methyl sites for hydroxylation is 1. The summed E-state index contributed by atoms with van der Waals surface area (Å²) in [6, 6.07) is 4.82. The van der Waals surface area contributed by atoms with Gasteiger partial charge in [0.2, 0.25) is 0 Å². The number of hydrogen-bond donors (Lipinski definition) is 1. The highest BCUT2D eigenvalue weighted by Crippen LogP contribution is 2.26. The van der Waals surface area contributed by atoms with E-state index in [0.29, 0.717) is 5.92 Å². The Balaban J connectivity index is 2.10. The Morgan fingerprint density at radius 2 is 2.28 bits per heavy atom. The first-order valence-corrected chi connectivity index (χ1v) is 6.90. The second kappa shape index (κ2) is 6.19. The van der Waals surface area contributed by atoms with Crippen LogP contribution in [0.25, 0.3) is 0 Å². The Kier molecular flexibility index (Phi) is 4.59. The molecule has 2 atom stereocenters. The van der Waals surface area contributed by atoms with Crippen molar-refractivity contribution >= 4 is 0 Å². The maximum Gasteiger partial charge on any atom is 0.123 e. The van der Waals surface area contributed by atoms with Gasteiger partial charge in [0.1, 0.15) is 17.7 Å². The molecule has 1 N–H and O–H groups in total. The van der Waals surface area contributed by atoms with Crippen LogP contribution in [0.15, 0.2) is 18.2 Å². The van der Waals surface area contributed by atoms with Crippen LogP contribution in [0.1, 0.15) is 32.3 Å². The maximum atomic E-state index is 13.2. The third kappa shape index (κ3) is 3.02. The Hall–Kier alpha value is -1.09. The first kappa shape index (κ1) is 13.3. The maximum absolute atomic E-state index is 13.2. The predicted octanol–water partition coefficient (Wildman–Crippen LogP) is 3.16. The predicted molar refractivity (Wildman–Crippen MR) is 71.5 cm³/mol. The van der Waals surface area contributed by atoms with E-state index in [-0.39, 0.29) is 11.9 Å². The molecule has 1 aromatic rings. The molecule has 2 rings (SSSR count). The second-order valence-electron chi connectivity index (χ2n) is 4.92. The van der Waals surface area contributed by atoms with Crippen LogP contribution >= 0.6 is 0 Å². The minimum Gasteiger partial charge on any atom is -0.490 e. The summed E-state index contributed by atoms with van der Waals surface area (Å²) >= 11 is 0. The number of ether oxygens (including phenoxy) is 1. The van der Waals surface area contributed by atoms with E-state index in [0.717, 1.165) is 37.2 Å². The summed E-state index contributed by atoms with van der Waals surface area (Å²) in [7, 11) is 0. The van der Waals surface area contributed by atoms with E-state index in [4.69, 9.17) is 4.74 Å². The molecular weight excluding hydrogens is 229 g/mol. The lowest BCUT2D eigenvalue weighted by Gasteiger charge is -2.24. The van der Waals surface area contributed by atoms with Gasteiger partial charge in [-0.25, -0.2) is 4.39 Å². The van der Waals surface area contributed by atoms with Crippen LogP contribution in [0.2, 0.25) is 0 Å². The van der Waals surface area contributed by atoms with Crippen molar-refractivity contribution in [2.45, 2.75) is 39.2 Å². The van der Waals surface area contributed by atoms with Gasteiger partial charge >= 0.3 is 0 Å². The lowest BCUT2D eigenvalue weighted by molar-refractivity contribution is 0.137. The minimum absolute atomic E-state index is 0.185. The Morgan fingerprint density at radius 3 is 2.89 bits per heavy atom. The quantitative estimate of drug-likeness (QED) is 0.868. The van der Waals surface area contributed by atoms with Crippen molar-refractivity contribution < 1.29 is 9.13 Å². The SMILES string of the molecule is CCc1cc(F)ccc1O[C@@H](CC)C1CCNC1. The zero-order valence-corrected chi connectivity index (χ0v) is 11.2. The smallest absolute Gasteiger partial charge is 0.123 e. The van der Waals surface area contributed by atoms with Crippen molar-refractivity contribution in [3.63, 3.8) is 0 Å². The number of benzene rings is 1. The van der Waals surface area contributed by atoms with Gasteiger partial charge in [-0.05, 0) is 49.6 Å². The van der Waals surface area contributed by atoms with E-state index in [9.17, 15) is 4.39 Å². The highest BCUT2D eigenvalue weighted by atomic mass is 19.1. The number of hydrogen-bond acceptors (Lipinski definition) is 2. The summed E-state index contributed by atoms with van der Waals surface area (Å²) in [6.07, 6.45) is 3.19. The molecule has 0 saturated carbocycles. The topological polar surface area (TPSA) is 21.3 Å². The second-order valence-corrected chi connectivity index (χ2v) is 4.92. The fraction of sp³-hybridized carbons (Fsp3) is 0.600. The molecule has 0 radical (unpaired) electrons. The van der Waals surface area contributed by atoms with Crippen LogP contribution in [-0.2, 0) is 6.42 Å². The van der Waals surface area contributed by atoms with Crippen LogP contribution in [0.3, 0.4) is 0 Å². The van der Waals surface area contributed by atoms with Crippen LogP contribution in [0, 0.1) is 11.7 Å². The van der Waals surface area contributed by atoms with Gasteiger partial charge in [-0.2, -0.15) is 0 Å². The van der Waals surface area contributed by atoms with Gasteiger partial charge in [-0.15, -0.1) is 0 Å². The molecule has 1 heterocycles. The van der Waals surface area contributed by atoms with Crippen molar-refractivity contribution in [3.05, 3.63) is 29.6 Å². The molecule has 100 valence electrons. The van der Waals surface area contributed by atoms with Crippen LogP contribution < -0.4 is 10.1 Å². The zero-order chi connectivity index (χ0) is 13.0. The molecule has 1 unspecified atom stereocenters. The summed E-state index contributed by atoms with van der Waals surface area (Å²) in [5.74, 6) is 1.23. The monoisotopic (exact) mass is 251 g/mol. The molecule has 1 aliphatic rings. The molecule has 18 heavy (non-hydrogen) atoms. The average Bonchev–Trinajstić information content (AvgIpc) is 2.91. The van der Waals surface area contributed by atoms with Crippen molar-refractivity contribution in [1.29, 1.82) is 0 Å². The first-order valence-electron chi connectivity index (χ1n) is 6.90. The van der Waals surface area contributed by atoms with E-state index >= 15 is 0 Å². The van der Waals surface area contributed by atoms with Gasteiger partial charge in [0, 0.05) is 12.5 Å². The number of rotatable bonds is 5. The molecule has 3 heteroatoms. The summed E-state index contributed by atoms with van der Waals surface area (Å²) in [5.41, 5.74) is 0.958. The van der Waals surface area contributed by atoms with E-state index in [1.165, 1.54) is 12.5 Å². The summed E-state index contributed by atoms with van der Waals surface area (Å²) in [4.78, 5) is 0. The Labute approximate surface area is 109 Å². The third-order valence-electron chi connectivity index (χ3n) is 3.71.